The molecular weight excluding hydrogens is 825 g/mol. The summed E-state index contributed by atoms with van der Waals surface area (Å²) in [5.41, 5.74) is 5.67. The van der Waals surface area contributed by atoms with Crippen LogP contribution in [-0.4, -0.2) is 84.8 Å². The van der Waals surface area contributed by atoms with Gasteiger partial charge in [-0.15, -0.1) is 0 Å². The van der Waals surface area contributed by atoms with Crippen molar-refractivity contribution in [1.82, 2.24) is 0 Å². The average molecular weight is 883 g/mol. The van der Waals surface area contributed by atoms with E-state index in [-0.39, 0.29) is 39.6 Å². The summed E-state index contributed by atoms with van der Waals surface area (Å²) in [6.07, 6.45) is -10.6. The van der Waals surface area contributed by atoms with Crippen LogP contribution in [0.3, 0.4) is 0 Å². The second kappa shape index (κ2) is 24.4. The van der Waals surface area contributed by atoms with Gasteiger partial charge in [-0.05, 0) is 33.4 Å². The molecule has 6 aromatic rings. The summed E-state index contributed by atoms with van der Waals surface area (Å²) in [4.78, 5) is 0. The number of ether oxygens (including phenoxy) is 9. The number of rotatable bonds is 22. The number of hydrogen-bond acceptors (Lipinski definition) is 11. The summed E-state index contributed by atoms with van der Waals surface area (Å²) < 4.78 is 59.0. The molecule has 11 heteroatoms. The number of benzene rings is 6. The minimum Gasteiger partial charge on any atom is -0.385 e. The van der Waals surface area contributed by atoms with Crippen molar-refractivity contribution in [3.8, 4) is 0 Å². The van der Waals surface area contributed by atoms with Gasteiger partial charge in [-0.1, -0.05) is 182 Å². The molecule has 0 aliphatic carbocycles. The molecule has 0 amide bonds. The molecule has 2 aliphatic heterocycles. The molecular formula is C54H58O11. The van der Waals surface area contributed by atoms with E-state index in [0.717, 1.165) is 33.4 Å². The zero-order valence-corrected chi connectivity index (χ0v) is 36.3. The largest absolute Gasteiger partial charge is 0.385 e. The van der Waals surface area contributed by atoms with Gasteiger partial charge in [-0.25, -0.2) is 0 Å². The minimum atomic E-state index is -1.54. The van der Waals surface area contributed by atoms with Crippen molar-refractivity contribution >= 4 is 0 Å². The Balaban J connectivity index is 1.09. The highest BCUT2D eigenvalue weighted by molar-refractivity contribution is 5.18. The molecule has 10 atom stereocenters. The molecule has 2 aliphatic rings. The molecule has 2 fully saturated rings. The van der Waals surface area contributed by atoms with Gasteiger partial charge in [0.15, 0.2) is 12.6 Å². The van der Waals surface area contributed by atoms with Crippen molar-refractivity contribution in [2.24, 2.45) is 0 Å². The molecule has 2 heterocycles. The Morgan fingerprint density at radius 1 is 0.338 bits per heavy atom. The molecule has 0 unspecified atom stereocenters. The summed E-state index contributed by atoms with van der Waals surface area (Å²) in [5, 5.41) is 24.4. The van der Waals surface area contributed by atoms with Crippen molar-refractivity contribution in [2.75, 3.05) is 13.2 Å². The second-order valence-corrected chi connectivity index (χ2v) is 16.2. The Hall–Kier alpha value is -5.12. The van der Waals surface area contributed by atoms with Gasteiger partial charge >= 0.3 is 0 Å². The van der Waals surface area contributed by atoms with Crippen molar-refractivity contribution in [3.63, 3.8) is 0 Å². The minimum absolute atomic E-state index is 0.0768. The van der Waals surface area contributed by atoms with Crippen LogP contribution in [0.4, 0.5) is 0 Å². The normalized spacial score (nSPS) is 25.6. The highest BCUT2D eigenvalue weighted by Gasteiger charge is 2.53. The third kappa shape index (κ3) is 13.5. The third-order valence-electron chi connectivity index (χ3n) is 11.4. The quantitative estimate of drug-likeness (QED) is 0.0691. The van der Waals surface area contributed by atoms with Crippen LogP contribution in [0.15, 0.2) is 182 Å². The van der Waals surface area contributed by atoms with E-state index in [0.29, 0.717) is 13.2 Å². The molecule has 0 bridgehead atoms. The molecule has 2 saturated heterocycles. The summed E-state index contributed by atoms with van der Waals surface area (Å²) >= 11 is 0. The molecule has 6 aromatic carbocycles. The smallest absolute Gasteiger partial charge is 0.187 e. The Labute approximate surface area is 381 Å². The van der Waals surface area contributed by atoms with Gasteiger partial charge in [-0.2, -0.15) is 0 Å². The number of hydrogen-bond donors (Lipinski definition) is 2. The van der Waals surface area contributed by atoms with E-state index in [1.54, 1.807) is 0 Å². The fraction of sp³-hybridized carbons (Fsp3) is 0.333. The van der Waals surface area contributed by atoms with Crippen LogP contribution < -0.4 is 0 Å². The van der Waals surface area contributed by atoms with Gasteiger partial charge in [0, 0.05) is 0 Å². The van der Waals surface area contributed by atoms with Crippen molar-refractivity contribution in [1.29, 1.82) is 0 Å². The molecule has 0 aromatic heterocycles. The summed E-state index contributed by atoms with van der Waals surface area (Å²) in [6.45, 7) is 1.60. The Morgan fingerprint density at radius 3 is 1.03 bits per heavy atom. The predicted molar refractivity (Wildman–Crippen MR) is 243 cm³/mol. The van der Waals surface area contributed by atoms with Gasteiger partial charge in [0.25, 0.3) is 0 Å². The van der Waals surface area contributed by atoms with E-state index in [4.69, 9.17) is 42.6 Å². The lowest BCUT2D eigenvalue weighted by Crippen LogP contribution is -2.65. The van der Waals surface area contributed by atoms with E-state index in [9.17, 15) is 10.2 Å². The topological polar surface area (TPSA) is 124 Å². The number of aliphatic hydroxyl groups is 2. The van der Waals surface area contributed by atoms with Gasteiger partial charge in [0.05, 0.1) is 52.9 Å². The highest BCUT2D eigenvalue weighted by atomic mass is 16.7. The van der Waals surface area contributed by atoms with Crippen molar-refractivity contribution < 1.29 is 52.8 Å². The maximum atomic E-state index is 12.4. The van der Waals surface area contributed by atoms with Crippen LogP contribution in [-0.2, 0) is 82.3 Å². The van der Waals surface area contributed by atoms with E-state index in [2.05, 4.69) is 0 Å². The van der Waals surface area contributed by atoms with Gasteiger partial charge in [-0.3, -0.25) is 0 Å². The third-order valence-corrected chi connectivity index (χ3v) is 11.4. The summed E-state index contributed by atoms with van der Waals surface area (Å²) in [7, 11) is 0. The highest BCUT2D eigenvalue weighted by Crippen LogP contribution is 2.35. The first-order chi connectivity index (χ1) is 32.1. The molecule has 2 N–H and O–H groups in total. The molecule has 340 valence electrons. The van der Waals surface area contributed by atoms with Crippen LogP contribution in [0.2, 0.25) is 0 Å². The lowest BCUT2D eigenvalue weighted by Gasteiger charge is -2.48. The molecule has 0 spiro atoms. The fourth-order valence-corrected chi connectivity index (χ4v) is 8.05. The van der Waals surface area contributed by atoms with Gasteiger partial charge in [0.2, 0.25) is 0 Å². The van der Waals surface area contributed by atoms with Crippen molar-refractivity contribution in [3.05, 3.63) is 215 Å². The molecule has 65 heavy (non-hydrogen) atoms. The molecule has 0 saturated carbocycles. The maximum Gasteiger partial charge on any atom is 0.187 e. The molecule has 8 rings (SSSR count). The monoisotopic (exact) mass is 882 g/mol. The predicted octanol–water partition coefficient (Wildman–Crippen LogP) is 7.95. The van der Waals surface area contributed by atoms with E-state index in [1.165, 1.54) is 0 Å². The Bertz CT molecular complexity index is 2210. The molecule has 0 radical (unpaired) electrons. The zero-order chi connectivity index (χ0) is 44.5. The zero-order valence-electron chi connectivity index (χ0n) is 36.3. The second-order valence-electron chi connectivity index (χ2n) is 16.2. The van der Waals surface area contributed by atoms with Crippen LogP contribution in [0.1, 0.15) is 33.4 Å². The van der Waals surface area contributed by atoms with Crippen LogP contribution in [0.25, 0.3) is 0 Å². The van der Waals surface area contributed by atoms with Crippen LogP contribution >= 0.6 is 0 Å². The first kappa shape index (κ1) is 46.4. The Morgan fingerprint density at radius 2 is 0.646 bits per heavy atom. The van der Waals surface area contributed by atoms with E-state index in [1.807, 2.05) is 182 Å². The first-order valence-electron chi connectivity index (χ1n) is 22.3. The number of aliphatic hydroxyl groups excluding tert-OH is 2. The standard InChI is InChI=1S/C54H58O11/c55-47-50(61-35-43-27-15-5-16-28-43)48(59-33-41-23-11-3-12-24-41)46(38-58-32-40-21-9-2-10-22-40)64-54(47)65-52-51(62-36-44-29-17-6-18-30-44)49(60-34-42-25-13-4-14-26-42)45(63-53(52)56)37-57-31-39-19-7-1-8-20-39/h1-30,45-56H,31-38H2/t45-,46-,47+,48-,49-,50-,51+,52+,53-,54+/m1/s1. The average Bonchev–Trinajstić information content (AvgIpc) is 3.35. The van der Waals surface area contributed by atoms with Crippen LogP contribution in [0.5, 0.6) is 0 Å². The van der Waals surface area contributed by atoms with Gasteiger partial charge in [0.1, 0.15) is 48.8 Å². The van der Waals surface area contributed by atoms with E-state index < -0.39 is 61.4 Å². The van der Waals surface area contributed by atoms with Crippen molar-refractivity contribution in [2.45, 2.75) is 101 Å². The lowest BCUT2D eigenvalue weighted by molar-refractivity contribution is -0.375. The summed E-state index contributed by atoms with van der Waals surface area (Å²) in [5.74, 6) is 0. The first-order valence-corrected chi connectivity index (χ1v) is 22.3. The van der Waals surface area contributed by atoms with Gasteiger partial charge < -0.3 is 52.8 Å². The molecule has 11 nitrogen and oxygen atoms in total. The van der Waals surface area contributed by atoms with E-state index >= 15 is 0 Å². The lowest BCUT2D eigenvalue weighted by atomic mass is 9.96. The Kier molecular flexibility index (Phi) is 17.4. The maximum absolute atomic E-state index is 12.4. The fourth-order valence-electron chi connectivity index (χ4n) is 8.05. The summed E-state index contributed by atoms with van der Waals surface area (Å²) in [6, 6.07) is 58.7. The SMILES string of the molecule is O[C@@H]1[C@H](O[C@H]2[C@@H](OCc3ccccc3)[C@H](OCc3ccccc3)[C@@H](COCc3ccccc3)O[C@H]2O)O[C@H](COCc2ccccc2)[C@@H](OCc2ccccc2)[C@@H]1OCc1ccccc1. The van der Waals surface area contributed by atoms with Crippen LogP contribution in [0, 0.1) is 0 Å².